The van der Waals surface area contributed by atoms with E-state index in [4.69, 9.17) is 11.6 Å². The van der Waals surface area contributed by atoms with Gasteiger partial charge < -0.3 is 10.1 Å². The van der Waals surface area contributed by atoms with Gasteiger partial charge in [0, 0.05) is 12.7 Å². The second-order valence-corrected chi connectivity index (χ2v) is 4.69. The highest BCUT2D eigenvalue weighted by Gasteiger charge is 2.06. The Bertz CT molecular complexity index is 592. The smallest absolute Gasteiger partial charge is 0.337 e. The van der Waals surface area contributed by atoms with E-state index >= 15 is 0 Å². The van der Waals surface area contributed by atoms with Crippen molar-refractivity contribution in [2.24, 2.45) is 0 Å². The van der Waals surface area contributed by atoms with E-state index in [1.165, 1.54) is 7.11 Å². The van der Waals surface area contributed by atoms with Crippen LogP contribution in [0, 0.1) is 6.92 Å². The molecule has 4 nitrogen and oxygen atoms in total. The van der Waals surface area contributed by atoms with Crippen molar-refractivity contribution < 1.29 is 9.53 Å². The summed E-state index contributed by atoms with van der Waals surface area (Å²) in [6, 6.07) is 9.12. The van der Waals surface area contributed by atoms with Crippen molar-refractivity contribution in [1.29, 1.82) is 0 Å². The monoisotopic (exact) mass is 290 g/mol. The highest BCUT2D eigenvalue weighted by molar-refractivity contribution is 6.32. The average Bonchev–Trinajstić information content (AvgIpc) is 2.46. The van der Waals surface area contributed by atoms with Crippen LogP contribution in [0.25, 0.3) is 0 Å². The molecule has 0 bridgehead atoms. The van der Waals surface area contributed by atoms with Crippen molar-refractivity contribution in [1.82, 2.24) is 4.98 Å². The van der Waals surface area contributed by atoms with Crippen LogP contribution in [0.5, 0.6) is 0 Å². The van der Waals surface area contributed by atoms with Crippen molar-refractivity contribution in [3.05, 3.63) is 58.4 Å². The third kappa shape index (κ3) is 3.27. The number of halogens is 1. The molecular weight excluding hydrogens is 276 g/mol. The third-order valence-electron chi connectivity index (χ3n) is 2.96. The topological polar surface area (TPSA) is 51.2 Å². The van der Waals surface area contributed by atoms with Gasteiger partial charge >= 0.3 is 5.97 Å². The van der Waals surface area contributed by atoms with E-state index in [1.807, 2.05) is 25.1 Å². The van der Waals surface area contributed by atoms with Crippen LogP contribution in [0.2, 0.25) is 5.15 Å². The van der Waals surface area contributed by atoms with Gasteiger partial charge in [0.1, 0.15) is 0 Å². The molecule has 0 atom stereocenters. The lowest BCUT2D eigenvalue weighted by Gasteiger charge is -2.10. The number of nitrogens with one attached hydrogen (secondary N) is 1. The molecule has 0 radical (unpaired) electrons. The molecule has 5 heteroatoms. The summed E-state index contributed by atoms with van der Waals surface area (Å²) in [5, 5.41) is 3.70. The van der Waals surface area contributed by atoms with Crippen LogP contribution >= 0.6 is 11.6 Å². The molecule has 0 aliphatic carbocycles. The SMILES string of the molecule is COC(=O)c1ccc(CNc2c(C)ccnc2Cl)cc1. The van der Waals surface area contributed by atoms with Crippen molar-refractivity contribution in [2.75, 3.05) is 12.4 Å². The first-order valence-corrected chi connectivity index (χ1v) is 6.52. The third-order valence-corrected chi connectivity index (χ3v) is 3.24. The second kappa shape index (κ2) is 6.39. The maximum atomic E-state index is 11.3. The summed E-state index contributed by atoms with van der Waals surface area (Å²) in [5.41, 5.74) is 3.44. The van der Waals surface area contributed by atoms with Crippen molar-refractivity contribution in [3.8, 4) is 0 Å². The van der Waals surface area contributed by atoms with Gasteiger partial charge in [-0.2, -0.15) is 0 Å². The zero-order chi connectivity index (χ0) is 14.5. The van der Waals surface area contributed by atoms with Crippen LogP contribution in [-0.4, -0.2) is 18.1 Å². The number of rotatable bonds is 4. The molecule has 1 aromatic carbocycles. The number of nitrogens with zero attached hydrogens (tertiary/aromatic N) is 1. The first kappa shape index (κ1) is 14.3. The zero-order valence-corrected chi connectivity index (χ0v) is 12.1. The van der Waals surface area contributed by atoms with Gasteiger partial charge in [-0.15, -0.1) is 0 Å². The number of methoxy groups -OCH3 is 1. The maximum Gasteiger partial charge on any atom is 0.337 e. The van der Waals surface area contributed by atoms with Gasteiger partial charge in [-0.1, -0.05) is 23.7 Å². The minimum atomic E-state index is -0.337. The molecule has 0 aliphatic heterocycles. The van der Waals surface area contributed by atoms with Crippen LogP contribution in [0.3, 0.4) is 0 Å². The van der Waals surface area contributed by atoms with Crippen LogP contribution in [0.4, 0.5) is 5.69 Å². The number of ether oxygens (including phenoxy) is 1. The van der Waals surface area contributed by atoms with Gasteiger partial charge in [0.25, 0.3) is 0 Å². The summed E-state index contributed by atoms with van der Waals surface area (Å²) < 4.78 is 4.66. The number of pyridine rings is 1. The largest absolute Gasteiger partial charge is 0.465 e. The van der Waals surface area contributed by atoms with Gasteiger partial charge in [0.15, 0.2) is 5.15 Å². The zero-order valence-electron chi connectivity index (χ0n) is 11.3. The van der Waals surface area contributed by atoms with E-state index < -0.39 is 0 Å². The van der Waals surface area contributed by atoms with Gasteiger partial charge in [-0.05, 0) is 36.2 Å². The van der Waals surface area contributed by atoms with E-state index in [2.05, 4.69) is 15.0 Å². The Balaban J connectivity index is 2.06. The second-order valence-electron chi connectivity index (χ2n) is 4.34. The lowest BCUT2D eigenvalue weighted by atomic mass is 10.1. The predicted molar refractivity (Wildman–Crippen MR) is 79.1 cm³/mol. The number of hydrogen-bond donors (Lipinski definition) is 1. The van der Waals surface area contributed by atoms with Gasteiger partial charge in [-0.25, -0.2) is 9.78 Å². The standard InChI is InChI=1S/C15H15ClN2O2/c1-10-7-8-17-14(16)13(10)18-9-11-3-5-12(6-4-11)15(19)20-2/h3-8,18H,9H2,1-2H3. The molecule has 0 saturated carbocycles. The lowest BCUT2D eigenvalue weighted by Crippen LogP contribution is -2.04. The highest BCUT2D eigenvalue weighted by Crippen LogP contribution is 2.23. The van der Waals surface area contributed by atoms with Crippen LogP contribution < -0.4 is 5.32 Å². The normalized spacial score (nSPS) is 10.2. The predicted octanol–water partition coefficient (Wildman–Crippen LogP) is 3.44. The summed E-state index contributed by atoms with van der Waals surface area (Å²) in [7, 11) is 1.37. The number of carbonyl (C=O) groups is 1. The summed E-state index contributed by atoms with van der Waals surface area (Å²) >= 11 is 6.05. The number of anilines is 1. The number of hydrogen-bond acceptors (Lipinski definition) is 4. The number of esters is 1. The summed E-state index contributed by atoms with van der Waals surface area (Å²) in [6.45, 7) is 2.57. The van der Waals surface area contributed by atoms with Crippen LogP contribution in [0.1, 0.15) is 21.5 Å². The molecule has 0 fully saturated rings. The summed E-state index contributed by atoms with van der Waals surface area (Å²) in [4.78, 5) is 15.4. The molecule has 2 rings (SSSR count). The van der Waals surface area contributed by atoms with Crippen LogP contribution in [-0.2, 0) is 11.3 Å². The number of aryl methyl sites for hydroxylation is 1. The molecule has 1 heterocycles. The number of carbonyl (C=O) groups excluding carboxylic acids is 1. The molecule has 1 N–H and O–H groups in total. The molecular formula is C15H15ClN2O2. The molecule has 0 spiro atoms. The number of aromatic nitrogens is 1. The fourth-order valence-electron chi connectivity index (χ4n) is 1.80. The molecule has 0 aliphatic rings. The van der Waals surface area contributed by atoms with Gasteiger partial charge in [-0.3, -0.25) is 0 Å². The molecule has 20 heavy (non-hydrogen) atoms. The van der Waals surface area contributed by atoms with E-state index in [-0.39, 0.29) is 5.97 Å². The molecule has 104 valence electrons. The first-order chi connectivity index (χ1) is 9.61. The van der Waals surface area contributed by atoms with E-state index in [1.54, 1.807) is 18.3 Å². The fraction of sp³-hybridized carbons (Fsp3) is 0.200. The Morgan fingerprint density at radius 2 is 2.00 bits per heavy atom. The minimum Gasteiger partial charge on any atom is -0.465 e. The average molecular weight is 291 g/mol. The van der Waals surface area contributed by atoms with E-state index in [0.717, 1.165) is 16.8 Å². The first-order valence-electron chi connectivity index (χ1n) is 6.14. The quantitative estimate of drug-likeness (QED) is 0.692. The molecule has 2 aromatic rings. The fourth-order valence-corrected chi connectivity index (χ4v) is 2.08. The Morgan fingerprint density at radius 3 is 2.60 bits per heavy atom. The maximum absolute atomic E-state index is 11.3. The Kier molecular flexibility index (Phi) is 4.58. The van der Waals surface area contributed by atoms with E-state index in [9.17, 15) is 4.79 Å². The molecule has 1 aromatic heterocycles. The van der Waals surface area contributed by atoms with Crippen LogP contribution in [0.15, 0.2) is 36.5 Å². The summed E-state index contributed by atoms with van der Waals surface area (Å²) in [6.07, 6.45) is 1.67. The minimum absolute atomic E-state index is 0.337. The Hall–Kier alpha value is -2.07. The Labute approximate surface area is 122 Å². The number of benzene rings is 1. The molecule has 0 saturated heterocycles. The van der Waals surface area contributed by atoms with Crippen molar-refractivity contribution in [2.45, 2.75) is 13.5 Å². The van der Waals surface area contributed by atoms with Gasteiger partial charge in [0.2, 0.25) is 0 Å². The van der Waals surface area contributed by atoms with E-state index in [0.29, 0.717) is 17.3 Å². The Morgan fingerprint density at radius 1 is 1.30 bits per heavy atom. The molecule has 0 amide bonds. The summed E-state index contributed by atoms with van der Waals surface area (Å²) in [5.74, 6) is -0.337. The van der Waals surface area contributed by atoms with Gasteiger partial charge in [0.05, 0.1) is 18.4 Å². The highest BCUT2D eigenvalue weighted by atomic mass is 35.5. The molecule has 0 unspecified atom stereocenters. The lowest BCUT2D eigenvalue weighted by molar-refractivity contribution is 0.0600. The van der Waals surface area contributed by atoms with Crippen molar-refractivity contribution >= 4 is 23.3 Å². The van der Waals surface area contributed by atoms with Crippen molar-refractivity contribution in [3.63, 3.8) is 0 Å².